The molecule has 17 heavy (non-hydrogen) atoms. The van der Waals surface area contributed by atoms with E-state index in [0.717, 1.165) is 12.8 Å². The van der Waals surface area contributed by atoms with Crippen LogP contribution in [0.1, 0.15) is 33.6 Å². The summed E-state index contributed by atoms with van der Waals surface area (Å²) in [7, 11) is 0. The van der Waals surface area contributed by atoms with Gasteiger partial charge in [-0.2, -0.15) is 0 Å². The van der Waals surface area contributed by atoms with Crippen LogP contribution in [0.3, 0.4) is 0 Å². The Morgan fingerprint density at radius 3 is 2.29 bits per heavy atom. The van der Waals surface area contributed by atoms with Gasteiger partial charge in [0.15, 0.2) is 0 Å². The normalized spacial score (nSPS) is 14.1. The van der Waals surface area contributed by atoms with Crippen LogP contribution in [0.2, 0.25) is 0 Å². The van der Waals surface area contributed by atoms with Crippen LogP contribution >= 0.6 is 0 Å². The van der Waals surface area contributed by atoms with Crippen LogP contribution in [-0.4, -0.2) is 41.5 Å². The third-order valence-electron chi connectivity index (χ3n) is 2.87. The van der Waals surface area contributed by atoms with Crippen LogP contribution in [0.15, 0.2) is 0 Å². The molecule has 0 spiro atoms. The molecule has 0 aromatic heterocycles. The number of nitrogens with two attached hydrogens (primary N) is 1. The summed E-state index contributed by atoms with van der Waals surface area (Å²) in [4.78, 5) is 24.4. The maximum Gasteiger partial charge on any atom is 0.308 e. The Hall–Kier alpha value is -1.10. The van der Waals surface area contributed by atoms with E-state index in [1.165, 1.54) is 0 Å². The molecule has 2 atom stereocenters. The molecule has 0 saturated heterocycles. The molecule has 5 nitrogen and oxygen atoms in total. The zero-order valence-electron chi connectivity index (χ0n) is 11.0. The van der Waals surface area contributed by atoms with E-state index in [1.54, 1.807) is 11.8 Å². The third kappa shape index (κ3) is 5.68. The first kappa shape index (κ1) is 15.9. The summed E-state index contributed by atoms with van der Waals surface area (Å²) in [5.74, 6) is -1.46. The lowest BCUT2D eigenvalue weighted by Gasteiger charge is -2.26. The number of amides is 1. The van der Waals surface area contributed by atoms with Gasteiger partial charge >= 0.3 is 5.97 Å². The smallest absolute Gasteiger partial charge is 0.308 e. The largest absolute Gasteiger partial charge is 0.481 e. The Morgan fingerprint density at radius 2 is 1.88 bits per heavy atom. The number of carboxylic acids is 1. The van der Waals surface area contributed by atoms with E-state index < -0.39 is 11.9 Å². The number of carbonyl (C=O) groups is 2. The zero-order chi connectivity index (χ0) is 13.4. The van der Waals surface area contributed by atoms with E-state index in [4.69, 9.17) is 10.8 Å². The summed E-state index contributed by atoms with van der Waals surface area (Å²) in [6.07, 6.45) is 1.58. The number of hydrogen-bond acceptors (Lipinski definition) is 3. The lowest BCUT2D eigenvalue weighted by atomic mass is 10.0. The fourth-order valence-electron chi connectivity index (χ4n) is 1.64. The number of rotatable bonds is 8. The minimum atomic E-state index is -0.870. The van der Waals surface area contributed by atoms with Gasteiger partial charge < -0.3 is 15.7 Å². The second kappa shape index (κ2) is 8.06. The van der Waals surface area contributed by atoms with Crippen LogP contribution in [-0.2, 0) is 9.59 Å². The first-order valence-electron chi connectivity index (χ1n) is 6.15. The molecule has 5 heteroatoms. The Labute approximate surface area is 103 Å². The van der Waals surface area contributed by atoms with E-state index in [-0.39, 0.29) is 18.4 Å². The molecule has 0 aliphatic carbocycles. The summed E-state index contributed by atoms with van der Waals surface area (Å²) in [6.45, 7) is 6.74. The molecular weight excluding hydrogens is 220 g/mol. The van der Waals surface area contributed by atoms with Gasteiger partial charge in [0.05, 0.1) is 5.92 Å². The molecule has 0 heterocycles. The van der Waals surface area contributed by atoms with Crippen molar-refractivity contribution in [1.29, 1.82) is 0 Å². The monoisotopic (exact) mass is 244 g/mol. The van der Waals surface area contributed by atoms with Gasteiger partial charge in [-0.3, -0.25) is 9.59 Å². The van der Waals surface area contributed by atoms with Gasteiger partial charge in [-0.25, -0.2) is 0 Å². The van der Waals surface area contributed by atoms with Crippen molar-refractivity contribution in [3.63, 3.8) is 0 Å². The molecule has 0 rings (SSSR count). The summed E-state index contributed by atoms with van der Waals surface area (Å²) in [5.41, 5.74) is 5.40. The Morgan fingerprint density at radius 1 is 1.29 bits per heavy atom. The molecule has 0 bridgehead atoms. The molecule has 100 valence electrons. The van der Waals surface area contributed by atoms with Crippen LogP contribution in [0.4, 0.5) is 0 Å². The van der Waals surface area contributed by atoms with Crippen molar-refractivity contribution < 1.29 is 14.7 Å². The number of nitrogens with zero attached hydrogens (tertiary/aromatic N) is 1. The van der Waals surface area contributed by atoms with Crippen molar-refractivity contribution in [3.05, 3.63) is 0 Å². The van der Waals surface area contributed by atoms with Gasteiger partial charge in [0.25, 0.3) is 0 Å². The average molecular weight is 244 g/mol. The molecule has 3 N–H and O–H groups in total. The van der Waals surface area contributed by atoms with Crippen molar-refractivity contribution in [2.24, 2.45) is 17.6 Å². The third-order valence-corrected chi connectivity index (χ3v) is 2.87. The molecule has 0 aliphatic rings. The van der Waals surface area contributed by atoms with Crippen LogP contribution in [0.25, 0.3) is 0 Å². The molecule has 0 fully saturated rings. The summed E-state index contributed by atoms with van der Waals surface area (Å²) in [5, 5.41) is 8.83. The molecule has 0 aliphatic heterocycles. The van der Waals surface area contributed by atoms with Gasteiger partial charge in [-0.1, -0.05) is 13.8 Å². The maximum absolute atomic E-state index is 12.0. The Balaban J connectivity index is 4.34. The van der Waals surface area contributed by atoms with Crippen molar-refractivity contribution in [2.45, 2.75) is 33.6 Å². The van der Waals surface area contributed by atoms with Crippen molar-refractivity contribution in [3.8, 4) is 0 Å². The maximum atomic E-state index is 12.0. The van der Waals surface area contributed by atoms with Crippen LogP contribution < -0.4 is 5.73 Å². The summed E-state index contributed by atoms with van der Waals surface area (Å²) in [6, 6.07) is 0. The van der Waals surface area contributed by atoms with Crippen molar-refractivity contribution >= 4 is 11.9 Å². The SMILES string of the molecule is CCN(CC(C)C(=O)O)C(=O)C(C)CCCN. The quantitative estimate of drug-likeness (QED) is 0.665. The number of aliphatic carboxylic acids is 1. The molecule has 0 aromatic rings. The van der Waals surface area contributed by atoms with E-state index in [1.807, 2.05) is 13.8 Å². The summed E-state index contributed by atoms with van der Waals surface area (Å²) < 4.78 is 0. The van der Waals surface area contributed by atoms with E-state index in [2.05, 4.69) is 0 Å². The van der Waals surface area contributed by atoms with Crippen LogP contribution in [0.5, 0.6) is 0 Å². The number of carboxylic acid groups (broad SMARTS) is 1. The molecule has 0 saturated carbocycles. The zero-order valence-corrected chi connectivity index (χ0v) is 11.0. The topological polar surface area (TPSA) is 83.6 Å². The highest BCUT2D eigenvalue weighted by atomic mass is 16.4. The number of hydrogen-bond donors (Lipinski definition) is 2. The second-order valence-electron chi connectivity index (χ2n) is 4.45. The van der Waals surface area contributed by atoms with Gasteiger partial charge in [0, 0.05) is 19.0 Å². The van der Waals surface area contributed by atoms with Crippen LogP contribution in [0, 0.1) is 11.8 Å². The lowest BCUT2D eigenvalue weighted by Crippen LogP contribution is -2.39. The predicted octanol–water partition coefficient (Wildman–Crippen LogP) is 0.931. The standard InChI is InChI=1S/C12H24N2O3/c1-4-14(8-10(3)12(16)17)11(15)9(2)6-5-7-13/h9-10H,4-8,13H2,1-3H3,(H,16,17). The number of carbonyl (C=O) groups excluding carboxylic acids is 1. The minimum absolute atomic E-state index is 0.0223. The molecule has 2 unspecified atom stereocenters. The van der Waals surface area contributed by atoms with Gasteiger partial charge in [0.2, 0.25) is 5.91 Å². The summed E-state index contributed by atoms with van der Waals surface area (Å²) >= 11 is 0. The van der Waals surface area contributed by atoms with E-state index in [0.29, 0.717) is 13.1 Å². The van der Waals surface area contributed by atoms with Crippen molar-refractivity contribution in [1.82, 2.24) is 4.90 Å². The Bertz CT molecular complexity index is 256. The highest BCUT2D eigenvalue weighted by Crippen LogP contribution is 2.11. The molecule has 0 aromatic carbocycles. The fraction of sp³-hybridized carbons (Fsp3) is 0.833. The van der Waals surface area contributed by atoms with Gasteiger partial charge in [-0.05, 0) is 26.3 Å². The van der Waals surface area contributed by atoms with Gasteiger partial charge in [0.1, 0.15) is 0 Å². The second-order valence-corrected chi connectivity index (χ2v) is 4.45. The molecule has 0 radical (unpaired) electrons. The first-order chi connectivity index (χ1) is 7.93. The van der Waals surface area contributed by atoms with Crippen molar-refractivity contribution in [2.75, 3.05) is 19.6 Å². The van der Waals surface area contributed by atoms with E-state index >= 15 is 0 Å². The average Bonchev–Trinajstić information content (AvgIpc) is 2.31. The predicted molar refractivity (Wildman–Crippen MR) is 66.5 cm³/mol. The highest BCUT2D eigenvalue weighted by Gasteiger charge is 2.22. The molecular formula is C12H24N2O3. The van der Waals surface area contributed by atoms with Gasteiger partial charge in [-0.15, -0.1) is 0 Å². The molecule has 1 amide bonds. The Kier molecular flexibility index (Phi) is 7.54. The first-order valence-corrected chi connectivity index (χ1v) is 6.15. The lowest BCUT2D eigenvalue weighted by molar-refractivity contribution is -0.143. The highest BCUT2D eigenvalue weighted by molar-refractivity contribution is 5.79. The minimum Gasteiger partial charge on any atom is -0.481 e. The van der Waals surface area contributed by atoms with E-state index in [9.17, 15) is 9.59 Å². The fourth-order valence-corrected chi connectivity index (χ4v) is 1.64.